The summed E-state index contributed by atoms with van der Waals surface area (Å²) in [6.07, 6.45) is -6.22. The molecule has 8 heteroatoms. The molecule has 22 heavy (non-hydrogen) atoms. The number of aliphatic hydroxyl groups excluding tert-OH is 3. The third kappa shape index (κ3) is 3.57. The van der Waals surface area contributed by atoms with E-state index < -0.39 is 43.3 Å². The summed E-state index contributed by atoms with van der Waals surface area (Å²) in [6.45, 7) is -0.511. The predicted octanol–water partition coefficient (Wildman–Crippen LogP) is -0.0492. The number of hydrogen-bond acceptors (Lipinski definition) is 7. The summed E-state index contributed by atoms with van der Waals surface area (Å²) in [4.78, 5) is 12.1. The topological polar surface area (TPSA) is 105 Å². The Labute approximate surface area is 132 Å². The van der Waals surface area contributed by atoms with Crippen molar-refractivity contribution < 1.29 is 34.3 Å². The van der Waals surface area contributed by atoms with Crippen LogP contribution in [0.25, 0.3) is 0 Å². The van der Waals surface area contributed by atoms with Gasteiger partial charge in [-0.05, 0) is 24.3 Å². The highest BCUT2D eigenvalue weighted by molar-refractivity contribution is 6.30. The maximum atomic E-state index is 12.1. The van der Waals surface area contributed by atoms with Gasteiger partial charge < -0.3 is 29.5 Å². The smallest absolute Gasteiger partial charge is 0.338 e. The molecule has 0 radical (unpaired) electrons. The van der Waals surface area contributed by atoms with Gasteiger partial charge in [-0.15, -0.1) is 0 Å². The maximum absolute atomic E-state index is 12.1. The average molecular weight is 333 g/mol. The molecule has 1 saturated heterocycles. The molecule has 1 fully saturated rings. The minimum absolute atomic E-state index is 0.213. The van der Waals surface area contributed by atoms with Crippen LogP contribution >= 0.6 is 11.6 Å². The maximum Gasteiger partial charge on any atom is 0.338 e. The van der Waals surface area contributed by atoms with Crippen LogP contribution in [-0.2, 0) is 14.2 Å². The first-order valence-electron chi connectivity index (χ1n) is 6.59. The second-order valence-corrected chi connectivity index (χ2v) is 5.26. The molecule has 1 aliphatic heterocycles. The minimum atomic E-state index is -1.39. The van der Waals surface area contributed by atoms with Crippen LogP contribution in [0, 0.1) is 0 Å². The number of aliphatic hydroxyl groups is 3. The Hall–Kier alpha value is -1.22. The van der Waals surface area contributed by atoms with Crippen LogP contribution < -0.4 is 0 Å². The molecule has 0 bridgehead atoms. The second-order valence-electron chi connectivity index (χ2n) is 4.82. The molecular weight excluding hydrogens is 316 g/mol. The largest absolute Gasteiger partial charge is 0.453 e. The molecule has 0 aliphatic carbocycles. The van der Waals surface area contributed by atoms with E-state index in [1.807, 2.05) is 0 Å². The summed E-state index contributed by atoms with van der Waals surface area (Å²) in [5.74, 6) is -0.742. The number of methoxy groups -OCH3 is 1. The van der Waals surface area contributed by atoms with Crippen molar-refractivity contribution in [2.24, 2.45) is 0 Å². The standard InChI is InChI=1S/C14H17ClO7/c1-20-14-11(18)12(10(17)9(6-16)21-14)22-13(19)7-2-4-8(15)5-3-7/h2-5,9-12,14,16-18H,6H2,1H3/t9-,10+,11-,12+,14+/m1/s1. The van der Waals surface area contributed by atoms with Crippen LogP contribution in [0.1, 0.15) is 10.4 Å². The van der Waals surface area contributed by atoms with Gasteiger partial charge >= 0.3 is 5.97 Å². The van der Waals surface area contributed by atoms with Crippen molar-refractivity contribution in [3.8, 4) is 0 Å². The van der Waals surface area contributed by atoms with E-state index in [4.69, 9.17) is 25.8 Å². The fourth-order valence-corrected chi connectivity index (χ4v) is 2.29. The molecule has 0 unspecified atom stereocenters. The van der Waals surface area contributed by atoms with Gasteiger partial charge in [-0.2, -0.15) is 0 Å². The van der Waals surface area contributed by atoms with Crippen molar-refractivity contribution in [3.63, 3.8) is 0 Å². The molecule has 0 aromatic heterocycles. The molecule has 1 heterocycles. The van der Waals surface area contributed by atoms with Crippen LogP contribution in [-0.4, -0.2) is 65.7 Å². The fraction of sp³-hybridized carbons (Fsp3) is 0.500. The lowest BCUT2D eigenvalue weighted by Crippen LogP contribution is -2.60. The van der Waals surface area contributed by atoms with E-state index in [1.54, 1.807) is 0 Å². The molecule has 0 saturated carbocycles. The number of esters is 1. The SMILES string of the molecule is CO[C@H]1O[C@H](CO)[C@H](O)[C@H](OC(=O)c2ccc(Cl)cc2)[C@H]1O. The zero-order valence-corrected chi connectivity index (χ0v) is 12.5. The van der Waals surface area contributed by atoms with E-state index in [2.05, 4.69) is 0 Å². The van der Waals surface area contributed by atoms with Crippen LogP contribution in [0.15, 0.2) is 24.3 Å². The third-order valence-corrected chi connectivity index (χ3v) is 3.63. The van der Waals surface area contributed by atoms with Gasteiger partial charge in [0.1, 0.15) is 18.3 Å². The van der Waals surface area contributed by atoms with Crippen LogP contribution in [0.3, 0.4) is 0 Å². The van der Waals surface area contributed by atoms with Gasteiger partial charge in [-0.25, -0.2) is 4.79 Å². The van der Waals surface area contributed by atoms with E-state index in [-0.39, 0.29) is 5.56 Å². The predicted molar refractivity (Wildman–Crippen MR) is 75.4 cm³/mol. The monoisotopic (exact) mass is 332 g/mol. The molecule has 5 atom stereocenters. The second kappa shape index (κ2) is 7.36. The number of halogens is 1. The Morgan fingerprint density at radius 2 is 1.91 bits per heavy atom. The molecule has 2 rings (SSSR count). The van der Waals surface area contributed by atoms with E-state index in [1.165, 1.54) is 31.4 Å². The molecule has 122 valence electrons. The fourth-order valence-electron chi connectivity index (χ4n) is 2.16. The molecule has 1 aromatic carbocycles. The molecule has 7 nitrogen and oxygen atoms in total. The van der Waals surface area contributed by atoms with Crippen molar-refractivity contribution >= 4 is 17.6 Å². The number of benzene rings is 1. The molecule has 0 spiro atoms. The number of ether oxygens (including phenoxy) is 3. The van der Waals surface area contributed by atoms with Crippen molar-refractivity contribution in [2.75, 3.05) is 13.7 Å². The van der Waals surface area contributed by atoms with Gasteiger partial charge in [0.05, 0.1) is 12.2 Å². The first-order valence-corrected chi connectivity index (χ1v) is 6.97. The lowest BCUT2D eigenvalue weighted by atomic mass is 9.99. The Balaban J connectivity index is 2.14. The normalized spacial score (nSPS) is 31.8. The number of carbonyl (C=O) groups is 1. The van der Waals surface area contributed by atoms with E-state index in [0.29, 0.717) is 5.02 Å². The first-order chi connectivity index (χ1) is 10.5. The highest BCUT2D eigenvalue weighted by atomic mass is 35.5. The van der Waals surface area contributed by atoms with E-state index >= 15 is 0 Å². The van der Waals surface area contributed by atoms with Crippen LogP contribution in [0.5, 0.6) is 0 Å². The van der Waals surface area contributed by atoms with Crippen molar-refractivity contribution in [1.82, 2.24) is 0 Å². The molecule has 0 amide bonds. The quantitative estimate of drug-likeness (QED) is 0.664. The lowest BCUT2D eigenvalue weighted by Gasteiger charge is -2.40. The lowest BCUT2D eigenvalue weighted by molar-refractivity contribution is -0.293. The van der Waals surface area contributed by atoms with Gasteiger partial charge in [0, 0.05) is 12.1 Å². The molecule has 3 N–H and O–H groups in total. The van der Waals surface area contributed by atoms with E-state index in [9.17, 15) is 20.1 Å². The van der Waals surface area contributed by atoms with Gasteiger partial charge in [-0.1, -0.05) is 11.6 Å². The average Bonchev–Trinajstić information content (AvgIpc) is 2.52. The van der Waals surface area contributed by atoms with Gasteiger partial charge in [0.15, 0.2) is 12.4 Å². The molecule has 1 aromatic rings. The Kier molecular flexibility index (Phi) is 5.74. The van der Waals surface area contributed by atoms with E-state index in [0.717, 1.165) is 0 Å². The summed E-state index contributed by atoms with van der Waals surface area (Å²) in [5, 5.41) is 29.8. The summed E-state index contributed by atoms with van der Waals surface area (Å²) in [5.41, 5.74) is 0.213. The summed E-state index contributed by atoms with van der Waals surface area (Å²) in [7, 11) is 1.29. The third-order valence-electron chi connectivity index (χ3n) is 3.38. The minimum Gasteiger partial charge on any atom is -0.453 e. The number of rotatable bonds is 4. The number of carbonyl (C=O) groups excluding carboxylic acids is 1. The van der Waals surface area contributed by atoms with Crippen molar-refractivity contribution in [3.05, 3.63) is 34.9 Å². The highest BCUT2D eigenvalue weighted by Gasteiger charge is 2.46. The Bertz CT molecular complexity index is 490. The van der Waals surface area contributed by atoms with Crippen molar-refractivity contribution in [2.45, 2.75) is 30.7 Å². The zero-order chi connectivity index (χ0) is 16.3. The van der Waals surface area contributed by atoms with Crippen LogP contribution in [0.2, 0.25) is 5.02 Å². The van der Waals surface area contributed by atoms with Gasteiger partial charge in [-0.3, -0.25) is 0 Å². The summed E-state index contributed by atoms with van der Waals surface area (Å²) in [6, 6.07) is 5.95. The first kappa shape index (κ1) is 17.1. The molecular formula is C14H17ClO7. The zero-order valence-electron chi connectivity index (χ0n) is 11.8. The number of hydrogen-bond donors (Lipinski definition) is 3. The Morgan fingerprint density at radius 1 is 1.27 bits per heavy atom. The summed E-state index contributed by atoms with van der Waals surface area (Å²) < 4.78 is 15.2. The highest BCUT2D eigenvalue weighted by Crippen LogP contribution is 2.25. The van der Waals surface area contributed by atoms with Gasteiger partial charge in [0.25, 0.3) is 0 Å². The van der Waals surface area contributed by atoms with Crippen molar-refractivity contribution in [1.29, 1.82) is 0 Å². The van der Waals surface area contributed by atoms with Crippen LogP contribution in [0.4, 0.5) is 0 Å². The van der Waals surface area contributed by atoms with Gasteiger partial charge in [0.2, 0.25) is 0 Å². The summed E-state index contributed by atoms with van der Waals surface area (Å²) >= 11 is 5.74. The molecule has 1 aliphatic rings. The Morgan fingerprint density at radius 3 is 2.45 bits per heavy atom.